The molecular formula is C16H29N3O. The Morgan fingerprint density at radius 1 is 1.00 bits per heavy atom. The van der Waals surface area contributed by atoms with Crippen LogP contribution in [-0.2, 0) is 0 Å². The largest absolute Gasteiger partial charge is 0.497 e. The second-order valence-electron chi connectivity index (χ2n) is 4.85. The van der Waals surface area contributed by atoms with Crippen molar-refractivity contribution in [2.75, 3.05) is 51.3 Å². The third kappa shape index (κ3) is 5.39. The van der Waals surface area contributed by atoms with Gasteiger partial charge in [-0.2, -0.15) is 0 Å². The van der Waals surface area contributed by atoms with E-state index in [1.165, 1.54) is 5.69 Å². The first-order chi connectivity index (χ1) is 9.74. The van der Waals surface area contributed by atoms with Crippen molar-refractivity contribution in [2.45, 2.75) is 20.3 Å². The van der Waals surface area contributed by atoms with Crippen LogP contribution in [0.1, 0.15) is 20.3 Å². The molecule has 1 rings (SSSR count). The molecule has 0 unspecified atom stereocenters. The van der Waals surface area contributed by atoms with Crippen molar-refractivity contribution >= 4 is 5.69 Å². The van der Waals surface area contributed by atoms with Gasteiger partial charge in [0, 0.05) is 25.3 Å². The molecule has 0 spiro atoms. The lowest BCUT2D eigenvalue weighted by Crippen LogP contribution is -2.36. The Labute approximate surface area is 123 Å². The average molecular weight is 279 g/mol. The van der Waals surface area contributed by atoms with Crippen molar-refractivity contribution in [3.63, 3.8) is 0 Å². The molecule has 0 aromatic heterocycles. The number of rotatable bonds is 10. The van der Waals surface area contributed by atoms with Crippen molar-refractivity contribution in [1.82, 2.24) is 4.90 Å². The molecule has 20 heavy (non-hydrogen) atoms. The average Bonchev–Trinajstić information content (AvgIpc) is 2.51. The van der Waals surface area contributed by atoms with E-state index >= 15 is 0 Å². The van der Waals surface area contributed by atoms with Gasteiger partial charge < -0.3 is 20.3 Å². The number of likely N-dealkylation sites (N-methyl/N-ethyl adjacent to an activating group) is 1. The van der Waals surface area contributed by atoms with Gasteiger partial charge in [0.1, 0.15) is 5.75 Å². The van der Waals surface area contributed by atoms with Crippen LogP contribution in [-0.4, -0.2) is 51.3 Å². The van der Waals surface area contributed by atoms with Crippen molar-refractivity contribution in [2.24, 2.45) is 5.73 Å². The topological polar surface area (TPSA) is 41.7 Å². The molecule has 2 N–H and O–H groups in total. The number of anilines is 1. The molecule has 4 nitrogen and oxygen atoms in total. The lowest BCUT2D eigenvalue weighted by Gasteiger charge is -2.28. The lowest BCUT2D eigenvalue weighted by atomic mass is 10.2. The number of nitrogens with two attached hydrogens (primary N) is 1. The van der Waals surface area contributed by atoms with E-state index < -0.39 is 0 Å². The molecule has 4 heteroatoms. The highest BCUT2D eigenvalue weighted by atomic mass is 16.5. The molecule has 114 valence electrons. The molecule has 0 atom stereocenters. The highest BCUT2D eigenvalue weighted by Gasteiger charge is 2.08. The van der Waals surface area contributed by atoms with Crippen LogP contribution in [0, 0.1) is 0 Å². The van der Waals surface area contributed by atoms with Gasteiger partial charge in [0.2, 0.25) is 0 Å². The van der Waals surface area contributed by atoms with Gasteiger partial charge in [-0.3, -0.25) is 0 Å². The number of methoxy groups -OCH3 is 1. The maximum Gasteiger partial charge on any atom is 0.119 e. The van der Waals surface area contributed by atoms with Crippen molar-refractivity contribution in [3.8, 4) is 5.75 Å². The summed E-state index contributed by atoms with van der Waals surface area (Å²) in [7, 11) is 1.70. The maximum atomic E-state index is 5.65. The molecule has 1 aromatic rings. The van der Waals surface area contributed by atoms with Crippen LogP contribution in [0.4, 0.5) is 5.69 Å². The summed E-state index contributed by atoms with van der Waals surface area (Å²) < 4.78 is 5.22. The molecule has 1 aromatic carbocycles. The Morgan fingerprint density at radius 3 is 2.15 bits per heavy atom. The number of benzene rings is 1. The number of nitrogens with zero attached hydrogens (tertiary/aromatic N) is 2. The molecule has 0 bridgehead atoms. The van der Waals surface area contributed by atoms with Gasteiger partial charge in [-0.05, 0) is 50.3 Å². The lowest BCUT2D eigenvalue weighted by molar-refractivity contribution is 0.309. The molecule has 0 saturated carbocycles. The highest BCUT2D eigenvalue weighted by molar-refractivity contribution is 5.49. The van der Waals surface area contributed by atoms with E-state index in [2.05, 4.69) is 35.8 Å². The smallest absolute Gasteiger partial charge is 0.119 e. The molecule has 0 aliphatic heterocycles. The summed E-state index contributed by atoms with van der Waals surface area (Å²) in [5.74, 6) is 0.899. The van der Waals surface area contributed by atoms with Crippen molar-refractivity contribution < 1.29 is 4.74 Å². The quantitative estimate of drug-likeness (QED) is 0.713. The van der Waals surface area contributed by atoms with E-state index in [9.17, 15) is 0 Å². The van der Waals surface area contributed by atoms with E-state index in [0.717, 1.165) is 51.4 Å². The number of hydrogen-bond acceptors (Lipinski definition) is 4. The van der Waals surface area contributed by atoms with Gasteiger partial charge in [-0.25, -0.2) is 0 Å². The standard InChI is InChI=1S/C16H29N3O/c1-4-18(5-2)13-14-19(12-6-11-17)15-7-9-16(20-3)10-8-15/h7-10H,4-6,11-14,17H2,1-3H3. The third-order valence-electron chi connectivity index (χ3n) is 3.65. The zero-order valence-corrected chi connectivity index (χ0v) is 13.1. The normalized spacial score (nSPS) is 10.8. The fraction of sp³-hybridized carbons (Fsp3) is 0.625. The molecule has 0 aliphatic rings. The molecule has 0 amide bonds. The SMILES string of the molecule is CCN(CC)CCN(CCCN)c1ccc(OC)cc1. The number of ether oxygens (including phenoxy) is 1. The van der Waals surface area contributed by atoms with Crippen molar-refractivity contribution in [3.05, 3.63) is 24.3 Å². The first kappa shape index (κ1) is 16.8. The van der Waals surface area contributed by atoms with Gasteiger partial charge in [-0.1, -0.05) is 13.8 Å². The highest BCUT2D eigenvalue weighted by Crippen LogP contribution is 2.19. The minimum Gasteiger partial charge on any atom is -0.497 e. The minimum absolute atomic E-state index is 0.734. The molecule has 0 fully saturated rings. The first-order valence-corrected chi connectivity index (χ1v) is 7.56. The molecule has 0 saturated heterocycles. The molecule has 0 heterocycles. The van der Waals surface area contributed by atoms with E-state index in [-0.39, 0.29) is 0 Å². The summed E-state index contributed by atoms with van der Waals surface area (Å²) in [5.41, 5.74) is 6.89. The summed E-state index contributed by atoms with van der Waals surface area (Å²) in [6, 6.07) is 8.28. The van der Waals surface area contributed by atoms with Gasteiger partial charge in [0.25, 0.3) is 0 Å². The fourth-order valence-electron chi connectivity index (χ4n) is 2.25. The Balaban J connectivity index is 2.66. The van der Waals surface area contributed by atoms with Crippen LogP contribution in [0.5, 0.6) is 5.75 Å². The second kappa shape index (κ2) is 9.61. The van der Waals surface area contributed by atoms with E-state index in [1.54, 1.807) is 7.11 Å². The van der Waals surface area contributed by atoms with Gasteiger partial charge in [0.05, 0.1) is 7.11 Å². The molecular weight excluding hydrogens is 250 g/mol. The minimum atomic E-state index is 0.734. The van der Waals surface area contributed by atoms with Crippen LogP contribution in [0.15, 0.2) is 24.3 Å². The van der Waals surface area contributed by atoms with Crippen LogP contribution < -0.4 is 15.4 Å². The Kier molecular flexibility index (Phi) is 8.07. The Hall–Kier alpha value is -1.26. The van der Waals surface area contributed by atoms with Crippen molar-refractivity contribution in [1.29, 1.82) is 0 Å². The van der Waals surface area contributed by atoms with Gasteiger partial charge >= 0.3 is 0 Å². The summed E-state index contributed by atoms with van der Waals surface area (Å²) in [6.07, 6.45) is 1.02. The predicted molar refractivity (Wildman–Crippen MR) is 86.7 cm³/mol. The summed E-state index contributed by atoms with van der Waals surface area (Å²) in [5, 5.41) is 0. The van der Waals surface area contributed by atoms with Gasteiger partial charge in [-0.15, -0.1) is 0 Å². The van der Waals surface area contributed by atoms with Gasteiger partial charge in [0.15, 0.2) is 0 Å². The first-order valence-electron chi connectivity index (χ1n) is 7.56. The van der Waals surface area contributed by atoms with E-state index in [1.807, 2.05) is 12.1 Å². The van der Waals surface area contributed by atoms with Crippen LogP contribution in [0.3, 0.4) is 0 Å². The Morgan fingerprint density at radius 2 is 1.65 bits per heavy atom. The molecule has 0 aliphatic carbocycles. The van der Waals surface area contributed by atoms with Crippen LogP contribution in [0.2, 0.25) is 0 Å². The zero-order valence-electron chi connectivity index (χ0n) is 13.1. The molecule has 0 radical (unpaired) electrons. The fourth-order valence-corrected chi connectivity index (χ4v) is 2.25. The summed E-state index contributed by atoms with van der Waals surface area (Å²) >= 11 is 0. The summed E-state index contributed by atoms with van der Waals surface area (Å²) in [4.78, 5) is 4.85. The van der Waals surface area contributed by atoms with Crippen LogP contribution >= 0.6 is 0 Å². The van der Waals surface area contributed by atoms with E-state index in [4.69, 9.17) is 10.5 Å². The second-order valence-corrected chi connectivity index (χ2v) is 4.85. The maximum absolute atomic E-state index is 5.65. The van der Waals surface area contributed by atoms with E-state index in [0.29, 0.717) is 0 Å². The Bertz CT molecular complexity index is 349. The summed E-state index contributed by atoms with van der Waals surface area (Å²) in [6.45, 7) is 10.5. The monoisotopic (exact) mass is 279 g/mol. The third-order valence-corrected chi connectivity index (χ3v) is 3.65. The number of hydrogen-bond donors (Lipinski definition) is 1. The predicted octanol–water partition coefficient (Wildman–Crippen LogP) is 2.19. The zero-order chi connectivity index (χ0) is 14.8. The van der Waals surface area contributed by atoms with Crippen LogP contribution in [0.25, 0.3) is 0 Å².